The Balaban J connectivity index is 2.34. The number of rotatable bonds is 4. The second-order valence-electron chi connectivity index (χ2n) is 4.14. The average molecular weight is 247 g/mol. The van der Waals surface area contributed by atoms with Crippen LogP contribution in [0.1, 0.15) is 30.8 Å². The number of ether oxygens (including phenoxy) is 1. The summed E-state index contributed by atoms with van der Waals surface area (Å²) in [5.41, 5.74) is 7.74. The van der Waals surface area contributed by atoms with Gasteiger partial charge in [0.1, 0.15) is 5.75 Å². The van der Waals surface area contributed by atoms with E-state index in [9.17, 15) is 0 Å². The molecule has 0 saturated carbocycles. The first-order chi connectivity index (χ1) is 8.65. The fourth-order valence-electron chi connectivity index (χ4n) is 1.63. The van der Waals surface area contributed by atoms with E-state index in [4.69, 9.17) is 14.9 Å². The van der Waals surface area contributed by atoms with Crippen LogP contribution in [0.4, 0.5) is 0 Å². The monoisotopic (exact) mass is 247 g/mol. The van der Waals surface area contributed by atoms with Gasteiger partial charge in [-0.1, -0.05) is 13.0 Å². The van der Waals surface area contributed by atoms with Crippen LogP contribution in [0.2, 0.25) is 0 Å². The smallest absolute Gasteiger partial charge is 0.247 e. The maximum Gasteiger partial charge on any atom is 0.247 e. The van der Waals surface area contributed by atoms with Crippen LogP contribution in [0.15, 0.2) is 22.6 Å². The van der Waals surface area contributed by atoms with Crippen LogP contribution in [0.25, 0.3) is 11.5 Å². The standard InChI is InChI=1S/C13H17N3O2/c1-4-10(14)13-16-15-12(18-13)9-6-5-8(2)11(7-9)17-3/h5-7,10H,4,14H2,1-3H3. The third-order valence-corrected chi connectivity index (χ3v) is 2.85. The van der Waals surface area contributed by atoms with Crippen molar-refractivity contribution >= 4 is 0 Å². The quantitative estimate of drug-likeness (QED) is 0.898. The van der Waals surface area contributed by atoms with Gasteiger partial charge in [0.25, 0.3) is 0 Å². The minimum atomic E-state index is -0.210. The third-order valence-electron chi connectivity index (χ3n) is 2.85. The summed E-state index contributed by atoms with van der Waals surface area (Å²) in [6, 6.07) is 5.55. The highest BCUT2D eigenvalue weighted by Gasteiger charge is 2.14. The molecule has 2 N–H and O–H groups in total. The van der Waals surface area contributed by atoms with E-state index in [1.54, 1.807) is 7.11 Å². The van der Waals surface area contributed by atoms with Gasteiger partial charge in [0.05, 0.1) is 13.2 Å². The summed E-state index contributed by atoms with van der Waals surface area (Å²) in [6.45, 7) is 3.96. The number of hydrogen-bond acceptors (Lipinski definition) is 5. The van der Waals surface area contributed by atoms with E-state index in [1.165, 1.54) is 0 Å². The van der Waals surface area contributed by atoms with E-state index in [0.717, 1.165) is 23.3 Å². The van der Waals surface area contributed by atoms with E-state index in [2.05, 4.69) is 10.2 Å². The molecule has 0 amide bonds. The van der Waals surface area contributed by atoms with Crippen molar-refractivity contribution in [2.45, 2.75) is 26.3 Å². The largest absolute Gasteiger partial charge is 0.496 e. The highest BCUT2D eigenvalue weighted by atomic mass is 16.5. The van der Waals surface area contributed by atoms with Gasteiger partial charge < -0.3 is 14.9 Å². The SMILES string of the molecule is CCC(N)c1nnc(-c2ccc(C)c(OC)c2)o1. The zero-order valence-corrected chi connectivity index (χ0v) is 10.8. The lowest BCUT2D eigenvalue weighted by Crippen LogP contribution is -2.08. The Morgan fingerprint density at radius 2 is 2.17 bits per heavy atom. The molecule has 18 heavy (non-hydrogen) atoms. The molecular weight excluding hydrogens is 230 g/mol. The van der Waals surface area contributed by atoms with Crippen LogP contribution in [-0.2, 0) is 0 Å². The molecule has 1 unspecified atom stereocenters. The first kappa shape index (κ1) is 12.6. The molecule has 1 atom stereocenters. The van der Waals surface area contributed by atoms with Crippen molar-refractivity contribution in [2.75, 3.05) is 7.11 Å². The summed E-state index contributed by atoms with van der Waals surface area (Å²) < 4.78 is 10.8. The molecule has 0 aliphatic carbocycles. The van der Waals surface area contributed by atoms with E-state index in [1.807, 2.05) is 32.0 Å². The predicted molar refractivity (Wildman–Crippen MR) is 68.2 cm³/mol. The molecule has 0 aliphatic heterocycles. The van der Waals surface area contributed by atoms with Crippen LogP contribution >= 0.6 is 0 Å². The Morgan fingerprint density at radius 3 is 2.83 bits per heavy atom. The number of hydrogen-bond donors (Lipinski definition) is 1. The molecule has 1 heterocycles. The fraction of sp³-hybridized carbons (Fsp3) is 0.385. The minimum Gasteiger partial charge on any atom is -0.496 e. The zero-order valence-electron chi connectivity index (χ0n) is 10.8. The molecule has 5 nitrogen and oxygen atoms in total. The molecule has 2 rings (SSSR count). The fourth-order valence-corrected chi connectivity index (χ4v) is 1.63. The van der Waals surface area contributed by atoms with Crippen LogP contribution in [0, 0.1) is 6.92 Å². The first-order valence-corrected chi connectivity index (χ1v) is 5.89. The van der Waals surface area contributed by atoms with E-state index < -0.39 is 0 Å². The minimum absolute atomic E-state index is 0.210. The molecule has 0 fully saturated rings. The van der Waals surface area contributed by atoms with Crippen molar-refractivity contribution in [3.63, 3.8) is 0 Å². The summed E-state index contributed by atoms with van der Waals surface area (Å²) in [6.07, 6.45) is 0.763. The summed E-state index contributed by atoms with van der Waals surface area (Å²) >= 11 is 0. The van der Waals surface area contributed by atoms with Gasteiger partial charge >= 0.3 is 0 Å². The van der Waals surface area contributed by atoms with Crippen LogP contribution < -0.4 is 10.5 Å². The maximum absolute atomic E-state index is 5.84. The second kappa shape index (κ2) is 5.18. The molecule has 0 aliphatic rings. The molecule has 0 saturated heterocycles. The maximum atomic E-state index is 5.84. The molecule has 0 spiro atoms. The summed E-state index contributed by atoms with van der Waals surface area (Å²) in [7, 11) is 1.64. The molecule has 0 bridgehead atoms. The molecule has 1 aromatic carbocycles. The molecule has 0 radical (unpaired) electrons. The first-order valence-electron chi connectivity index (χ1n) is 5.89. The van der Waals surface area contributed by atoms with E-state index in [-0.39, 0.29) is 6.04 Å². The second-order valence-corrected chi connectivity index (χ2v) is 4.14. The van der Waals surface area contributed by atoms with Gasteiger partial charge in [0.15, 0.2) is 0 Å². The molecule has 5 heteroatoms. The lowest BCUT2D eigenvalue weighted by Gasteiger charge is -2.05. The van der Waals surface area contributed by atoms with Crippen LogP contribution in [0.3, 0.4) is 0 Å². The van der Waals surface area contributed by atoms with Crippen molar-refractivity contribution in [1.29, 1.82) is 0 Å². The Bertz CT molecular complexity index is 537. The van der Waals surface area contributed by atoms with Gasteiger partial charge in [-0.15, -0.1) is 10.2 Å². The lowest BCUT2D eigenvalue weighted by molar-refractivity contribution is 0.411. The highest BCUT2D eigenvalue weighted by Crippen LogP contribution is 2.26. The number of methoxy groups -OCH3 is 1. The van der Waals surface area contributed by atoms with Crippen LogP contribution in [-0.4, -0.2) is 17.3 Å². The van der Waals surface area contributed by atoms with Crippen molar-refractivity contribution in [1.82, 2.24) is 10.2 Å². The number of aryl methyl sites for hydroxylation is 1. The van der Waals surface area contributed by atoms with Gasteiger partial charge in [0.2, 0.25) is 11.8 Å². The lowest BCUT2D eigenvalue weighted by atomic mass is 10.1. The van der Waals surface area contributed by atoms with E-state index in [0.29, 0.717) is 11.8 Å². The number of aromatic nitrogens is 2. The van der Waals surface area contributed by atoms with Gasteiger partial charge in [-0.2, -0.15) is 0 Å². The van der Waals surface area contributed by atoms with Crippen molar-refractivity contribution in [2.24, 2.45) is 5.73 Å². The molecular formula is C13H17N3O2. The van der Waals surface area contributed by atoms with Crippen molar-refractivity contribution in [3.05, 3.63) is 29.7 Å². The summed E-state index contributed by atoms with van der Waals surface area (Å²) in [5, 5.41) is 7.97. The Kier molecular flexibility index (Phi) is 3.62. The highest BCUT2D eigenvalue weighted by molar-refractivity contribution is 5.57. The van der Waals surface area contributed by atoms with Crippen molar-refractivity contribution < 1.29 is 9.15 Å². The Hall–Kier alpha value is -1.88. The predicted octanol–water partition coefficient (Wildman–Crippen LogP) is 2.46. The van der Waals surface area contributed by atoms with Gasteiger partial charge in [-0.3, -0.25) is 0 Å². The number of nitrogens with zero attached hydrogens (tertiary/aromatic N) is 2. The zero-order chi connectivity index (χ0) is 13.1. The molecule has 96 valence electrons. The average Bonchev–Trinajstić information content (AvgIpc) is 2.88. The van der Waals surface area contributed by atoms with Crippen molar-refractivity contribution in [3.8, 4) is 17.2 Å². The third kappa shape index (κ3) is 2.36. The van der Waals surface area contributed by atoms with Gasteiger partial charge in [0, 0.05) is 5.56 Å². The topological polar surface area (TPSA) is 74.2 Å². The van der Waals surface area contributed by atoms with Crippen LogP contribution in [0.5, 0.6) is 5.75 Å². The normalized spacial score (nSPS) is 12.4. The van der Waals surface area contributed by atoms with E-state index >= 15 is 0 Å². The molecule has 1 aromatic heterocycles. The van der Waals surface area contributed by atoms with Gasteiger partial charge in [-0.25, -0.2) is 0 Å². The molecule has 2 aromatic rings. The summed E-state index contributed by atoms with van der Waals surface area (Å²) in [4.78, 5) is 0. The number of benzene rings is 1. The van der Waals surface area contributed by atoms with Gasteiger partial charge in [-0.05, 0) is 31.0 Å². The summed E-state index contributed by atoms with van der Waals surface area (Å²) in [5.74, 6) is 1.73. The Morgan fingerprint density at radius 1 is 1.39 bits per heavy atom. The Labute approximate surface area is 106 Å². The number of nitrogens with two attached hydrogens (primary N) is 1.